The third kappa shape index (κ3) is 2.45. The molecule has 1 aliphatic heterocycles. The highest BCUT2D eigenvalue weighted by atomic mass is 16.4. The first-order chi connectivity index (χ1) is 8.59. The van der Waals surface area contributed by atoms with Crippen molar-refractivity contribution in [2.45, 2.75) is 12.8 Å². The van der Waals surface area contributed by atoms with Crippen LogP contribution in [0.1, 0.15) is 23.2 Å². The van der Waals surface area contributed by atoms with Crippen molar-refractivity contribution in [1.29, 1.82) is 0 Å². The van der Waals surface area contributed by atoms with Crippen molar-refractivity contribution in [3.05, 3.63) is 29.8 Å². The topological polar surface area (TPSA) is 77.8 Å². The second-order valence-corrected chi connectivity index (χ2v) is 4.42. The number of likely N-dealkylation sites (tertiary alicyclic amines) is 1. The monoisotopic (exact) mass is 249 g/mol. The Morgan fingerprint density at radius 3 is 2.33 bits per heavy atom. The molecule has 0 aromatic heterocycles. The number of nitrogens with zero attached hydrogens (tertiary/aromatic N) is 1. The molecule has 1 aliphatic rings. The van der Waals surface area contributed by atoms with Gasteiger partial charge in [-0.15, -0.1) is 0 Å². The number of phenols is 1. The highest BCUT2D eigenvalue weighted by Gasteiger charge is 2.28. The molecule has 0 spiro atoms. The number of para-hydroxylation sites is 1. The molecule has 1 fully saturated rings. The zero-order valence-electron chi connectivity index (χ0n) is 9.87. The third-order valence-electron chi connectivity index (χ3n) is 3.27. The van der Waals surface area contributed by atoms with Gasteiger partial charge < -0.3 is 15.1 Å². The van der Waals surface area contributed by atoms with E-state index in [9.17, 15) is 14.7 Å². The molecule has 2 N–H and O–H groups in total. The molecule has 18 heavy (non-hydrogen) atoms. The van der Waals surface area contributed by atoms with Crippen LogP contribution in [0.3, 0.4) is 0 Å². The van der Waals surface area contributed by atoms with E-state index in [4.69, 9.17) is 5.11 Å². The van der Waals surface area contributed by atoms with Crippen molar-refractivity contribution in [2.75, 3.05) is 13.1 Å². The maximum atomic E-state index is 12.1. The summed E-state index contributed by atoms with van der Waals surface area (Å²) >= 11 is 0. The summed E-state index contributed by atoms with van der Waals surface area (Å²) in [5.74, 6) is -1.44. The van der Waals surface area contributed by atoms with E-state index in [2.05, 4.69) is 0 Å². The van der Waals surface area contributed by atoms with E-state index in [1.165, 1.54) is 6.07 Å². The number of aliphatic carboxylic acids is 1. The lowest BCUT2D eigenvalue weighted by molar-refractivity contribution is -0.143. The van der Waals surface area contributed by atoms with E-state index in [1.54, 1.807) is 23.1 Å². The molecule has 1 aromatic carbocycles. The lowest BCUT2D eigenvalue weighted by Gasteiger charge is -2.30. The van der Waals surface area contributed by atoms with E-state index in [0.29, 0.717) is 25.9 Å². The number of piperidine rings is 1. The molecule has 1 aromatic rings. The van der Waals surface area contributed by atoms with Crippen LogP contribution in [-0.2, 0) is 4.79 Å². The van der Waals surface area contributed by atoms with Gasteiger partial charge in [0.15, 0.2) is 0 Å². The summed E-state index contributed by atoms with van der Waals surface area (Å²) in [7, 11) is 0. The van der Waals surface area contributed by atoms with Crippen LogP contribution in [-0.4, -0.2) is 40.1 Å². The van der Waals surface area contributed by atoms with Gasteiger partial charge in [0.2, 0.25) is 0 Å². The number of carbonyl (C=O) groups excluding carboxylic acids is 1. The van der Waals surface area contributed by atoms with Crippen LogP contribution >= 0.6 is 0 Å². The van der Waals surface area contributed by atoms with Crippen molar-refractivity contribution in [1.82, 2.24) is 4.90 Å². The summed E-state index contributed by atoms with van der Waals surface area (Å²) in [6.45, 7) is 0.842. The molecule has 96 valence electrons. The molecule has 0 atom stereocenters. The fourth-order valence-electron chi connectivity index (χ4n) is 2.15. The smallest absolute Gasteiger partial charge is 0.306 e. The Bertz CT molecular complexity index is 464. The second kappa shape index (κ2) is 5.08. The van der Waals surface area contributed by atoms with Crippen molar-refractivity contribution >= 4 is 11.9 Å². The van der Waals surface area contributed by atoms with Crippen LogP contribution in [0.25, 0.3) is 0 Å². The Morgan fingerprint density at radius 1 is 1.17 bits per heavy atom. The van der Waals surface area contributed by atoms with Gasteiger partial charge in [-0.2, -0.15) is 0 Å². The summed E-state index contributed by atoms with van der Waals surface area (Å²) in [6, 6.07) is 6.39. The largest absolute Gasteiger partial charge is 0.507 e. The van der Waals surface area contributed by atoms with Gasteiger partial charge in [-0.05, 0) is 25.0 Å². The molecule has 5 heteroatoms. The van der Waals surface area contributed by atoms with Crippen LogP contribution in [0.5, 0.6) is 5.75 Å². The van der Waals surface area contributed by atoms with Gasteiger partial charge in [0.25, 0.3) is 5.91 Å². The van der Waals surface area contributed by atoms with Crippen LogP contribution in [0.4, 0.5) is 0 Å². The first-order valence-electron chi connectivity index (χ1n) is 5.89. The first-order valence-corrected chi connectivity index (χ1v) is 5.89. The molecule has 0 radical (unpaired) electrons. The maximum absolute atomic E-state index is 12.1. The number of carboxylic acid groups (broad SMARTS) is 1. The van der Waals surface area contributed by atoms with E-state index in [1.807, 2.05) is 0 Å². The SMILES string of the molecule is O=C(O)C1CCN(C(=O)c2ccccc2O)CC1. The number of amides is 1. The van der Waals surface area contributed by atoms with E-state index >= 15 is 0 Å². The molecule has 1 amide bonds. The second-order valence-electron chi connectivity index (χ2n) is 4.42. The van der Waals surface area contributed by atoms with Crippen LogP contribution < -0.4 is 0 Å². The Hall–Kier alpha value is -2.04. The van der Waals surface area contributed by atoms with Crippen LogP contribution in [0, 0.1) is 5.92 Å². The average molecular weight is 249 g/mol. The summed E-state index contributed by atoms with van der Waals surface area (Å²) < 4.78 is 0. The van der Waals surface area contributed by atoms with E-state index in [0.717, 1.165) is 0 Å². The lowest BCUT2D eigenvalue weighted by atomic mass is 9.96. The number of rotatable bonds is 2. The molecule has 1 saturated heterocycles. The number of benzene rings is 1. The molecule has 0 unspecified atom stereocenters. The fourth-order valence-corrected chi connectivity index (χ4v) is 2.15. The van der Waals surface area contributed by atoms with Gasteiger partial charge in [-0.3, -0.25) is 9.59 Å². The van der Waals surface area contributed by atoms with Gasteiger partial charge in [0, 0.05) is 13.1 Å². The molecular formula is C13H15NO4. The predicted molar refractivity (Wildman–Crippen MR) is 64.4 cm³/mol. The highest BCUT2D eigenvalue weighted by Crippen LogP contribution is 2.22. The fraction of sp³-hybridized carbons (Fsp3) is 0.385. The minimum Gasteiger partial charge on any atom is -0.507 e. The summed E-state index contributed by atoms with van der Waals surface area (Å²) in [5.41, 5.74) is 0.270. The highest BCUT2D eigenvalue weighted by molar-refractivity contribution is 5.96. The molecule has 0 saturated carbocycles. The van der Waals surface area contributed by atoms with E-state index < -0.39 is 5.97 Å². The van der Waals surface area contributed by atoms with Crippen molar-refractivity contribution in [2.24, 2.45) is 5.92 Å². The average Bonchev–Trinajstić information content (AvgIpc) is 2.38. The quantitative estimate of drug-likeness (QED) is 0.828. The minimum atomic E-state index is -0.801. The van der Waals surface area contributed by atoms with Crippen LogP contribution in [0.15, 0.2) is 24.3 Å². The lowest BCUT2D eigenvalue weighted by Crippen LogP contribution is -2.40. The van der Waals surface area contributed by atoms with Crippen LogP contribution in [0.2, 0.25) is 0 Å². The Balaban J connectivity index is 2.04. The molecule has 1 heterocycles. The normalized spacial score (nSPS) is 16.6. The number of aromatic hydroxyl groups is 1. The Kier molecular flexibility index (Phi) is 3.50. The van der Waals surface area contributed by atoms with Crippen molar-refractivity contribution < 1.29 is 19.8 Å². The molecular weight excluding hydrogens is 234 g/mol. The molecule has 2 rings (SSSR count). The first kappa shape index (κ1) is 12.4. The molecule has 0 bridgehead atoms. The van der Waals surface area contributed by atoms with E-state index in [-0.39, 0.29) is 23.1 Å². The van der Waals surface area contributed by atoms with Gasteiger partial charge >= 0.3 is 5.97 Å². The summed E-state index contributed by atoms with van der Waals surface area (Å²) in [4.78, 5) is 24.5. The zero-order valence-corrected chi connectivity index (χ0v) is 9.87. The standard InChI is InChI=1S/C13H15NO4/c15-11-4-2-1-3-10(11)12(16)14-7-5-9(6-8-14)13(17)18/h1-4,9,15H,5-8H2,(H,17,18). The summed E-state index contributed by atoms with van der Waals surface area (Å²) in [5, 5.41) is 18.5. The number of carbonyl (C=O) groups is 2. The number of carboxylic acids is 1. The number of phenolic OH excluding ortho intramolecular Hbond substituents is 1. The minimum absolute atomic E-state index is 0.0390. The van der Waals surface area contributed by atoms with Gasteiger partial charge in [0.1, 0.15) is 5.75 Å². The number of hydrogen-bond acceptors (Lipinski definition) is 3. The Morgan fingerprint density at radius 2 is 1.78 bits per heavy atom. The molecule has 0 aliphatic carbocycles. The summed E-state index contributed by atoms with van der Waals surface area (Å²) in [6.07, 6.45) is 0.934. The van der Waals surface area contributed by atoms with Crippen molar-refractivity contribution in [3.8, 4) is 5.75 Å². The number of hydrogen-bond donors (Lipinski definition) is 2. The zero-order chi connectivity index (χ0) is 13.1. The predicted octanol–water partition coefficient (Wildman–Crippen LogP) is 1.33. The third-order valence-corrected chi connectivity index (χ3v) is 3.27. The van der Waals surface area contributed by atoms with Crippen molar-refractivity contribution in [3.63, 3.8) is 0 Å². The molecule has 5 nitrogen and oxygen atoms in total. The van der Waals surface area contributed by atoms with Gasteiger partial charge in [-0.25, -0.2) is 0 Å². The van der Waals surface area contributed by atoms with Gasteiger partial charge in [0.05, 0.1) is 11.5 Å². The Labute approximate surface area is 105 Å². The van der Waals surface area contributed by atoms with Gasteiger partial charge in [-0.1, -0.05) is 12.1 Å². The maximum Gasteiger partial charge on any atom is 0.306 e.